The number of unbranched alkanes of at least 4 members (excludes halogenated alkanes) is 1. The van der Waals surface area contributed by atoms with Gasteiger partial charge in [0.15, 0.2) is 22.9 Å². The molecule has 49 heavy (non-hydrogen) atoms. The van der Waals surface area contributed by atoms with Gasteiger partial charge in [0, 0.05) is 9.73 Å². The van der Waals surface area contributed by atoms with E-state index in [0.29, 0.717) is 48.7 Å². The van der Waals surface area contributed by atoms with Gasteiger partial charge in [-0.15, -0.1) is 0 Å². The zero-order chi connectivity index (χ0) is 36.3. The lowest BCUT2D eigenvalue weighted by Gasteiger charge is -2.11. The zero-order valence-electron chi connectivity index (χ0n) is 28.4. The van der Waals surface area contributed by atoms with E-state index < -0.39 is 0 Å². The van der Waals surface area contributed by atoms with Crippen LogP contribution in [0.2, 0.25) is 0 Å². The van der Waals surface area contributed by atoms with Crippen LogP contribution in [0.4, 0.5) is 11.6 Å². The average molecular weight is 746 g/mol. The third kappa shape index (κ3) is 7.94. The minimum absolute atomic E-state index is 0. The second-order valence-corrected chi connectivity index (χ2v) is 12.0. The highest BCUT2D eigenvalue weighted by Gasteiger charge is 2.17. The van der Waals surface area contributed by atoms with Crippen molar-refractivity contribution in [3.8, 4) is 23.5 Å². The number of nitrogens with one attached hydrogen (secondary N) is 2. The Kier molecular flexibility index (Phi) is 9.86. The summed E-state index contributed by atoms with van der Waals surface area (Å²) in [6, 6.07) is 14.7. The first-order chi connectivity index (χ1) is 24.8. The average Bonchev–Trinajstić information content (AvgIpc) is 3.61. The lowest BCUT2D eigenvalue weighted by atomic mass is 10.2. The van der Waals surface area contributed by atoms with Gasteiger partial charge in [0.2, 0.25) is 0 Å². The number of aromatic nitrogens is 8. The van der Waals surface area contributed by atoms with E-state index in [1.165, 1.54) is 9.13 Å². The number of rotatable bonds is 7. The fraction of sp³-hybridized carbons (Fsp3) is 0.312. The third-order valence-electron chi connectivity index (χ3n) is 7.55. The van der Waals surface area contributed by atoms with Crippen LogP contribution >= 0.6 is 15.9 Å². The van der Waals surface area contributed by atoms with Crippen molar-refractivity contribution in [3.05, 3.63) is 80.6 Å². The number of alkyl halides is 1. The second-order valence-electron chi connectivity index (χ2n) is 11.2. The van der Waals surface area contributed by atoms with Crippen LogP contribution in [0.15, 0.2) is 58.1 Å². The van der Waals surface area contributed by atoms with Crippen LogP contribution in [0.1, 0.15) is 41.2 Å². The molecule has 0 radical (unpaired) electrons. The Morgan fingerprint density at radius 1 is 0.918 bits per heavy atom. The molecule has 6 aromatic rings. The van der Waals surface area contributed by atoms with E-state index in [4.69, 9.17) is 28.6 Å². The van der Waals surface area contributed by atoms with Gasteiger partial charge in [0.25, 0.3) is 0 Å². The molecule has 5 heterocycles. The smallest absolute Gasteiger partial charge is 0.328 e. The van der Waals surface area contributed by atoms with E-state index in [0.717, 1.165) is 47.9 Å². The van der Waals surface area contributed by atoms with E-state index in [2.05, 4.69) is 45.8 Å². The molecule has 260 valence electrons. The van der Waals surface area contributed by atoms with Crippen molar-refractivity contribution in [2.24, 2.45) is 0 Å². The van der Waals surface area contributed by atoms with Crippen LogP contribution in [0.5, 0.6) is 23.5 Å². The number of aromatic amines is 2. The molecule has 0 atom stereocenters. The highest BCUT2D eigenvalue weighted by atomic mass is 79.9. The lowest BCUT2D eigenvalue weighted by molar-refractivity contribution is 0.255. The molecule has 0 spiro atoms. The van der Waals surface area contributed by atoms with Gasteiger partial charge in [-0.2, -0.15) is 19.9 Å². The van der Waals surface area contributed by atoms with E-state index in [1.54, 1.807) is 18.2 Å². The third-order valence-corrected chi connectivity index (χ3v) is 8.11. The number of phenolic OH excluding ortho intramolecular Hbond substituents is 1. The number of halogens is 1. The molecule has 7 rings (SSSR count). The van der Waals surface area contributed by atoms with Crippen LogP contribution in [-0.4, -0.2) is 69.3 Å². The molecule has 4 aromatic heterocycles. The number of nitrogen functional groups attached to an aromatic ring is 2. The molecule has 0 saturated carbocycles. The molecule has 0 unspecified atom stereocenters. The number of nitrogens with two attached hydrogens (primary N) is 2. The van der Waals surface area contributed by atoms with Gasteiger partial charge in [-0.25, -0.2) is 9.59 Å². The van der Waals surface area contributed by atoms with Gasteiger partial charge < -0.3 is 40.8 Å². The van der Waals surface area contributed by atoms with Gasteiger partial charge in [0.1, 0.15) is 22.5 Å². The Bertz CT molecular complexity index is 2210. The molecule has 0 amide bonds. The number of benzene rings is 2. The van der Waals surface area contributed by atoms with Crippen LogP contribution in [0.3, 0.4) is 0 Å². The number of imidazole rings is 2. The van der Waals surface area contributed by atoms with Crippen molar-refractivity contribution in [3.63, 3.8) is 0 Å². The Morgan fingerprint density at radius 2 is 1.67 bits per heavy atom. The summed E-state index contributed by atoms with van der Waals surface area (Å²) >= 11 is 3.36. The number of H-pyrrole nitrogens is 2. The molecule has 16 nitrogen and oxygen atoms in total. The van der Waals surface area contributed by atoms with Gasteiger partial charge in [0.05, 0.1) is 32.9 Å². The minimum atomic E-state index is -0.351. The first kappa shape index (κ1) is 32.0. The number of hydrogen-bond acceptors (Lipinski definition) is 12. The SMILES string of the molecule is Nc1nc(OCCCCBr)nc2c1[nH]c(=O)n2Cc1cccc(O)c1.Nc1nc2nc3c1[nH]c(=O)n3Cc1cccc(c1)OCCCCO2.[3HH].[3H][3H]. The predicted octanol–water partition coefficient (Wildman–Crippen LogP) is 3.80. The fourth-order valence-corrected chi connectivity index (χ4v) is 5.55. The van der Waals surface area contributed by atoms with Gasteiger partial charge >= 0.3 is 23.4 Å². The number of phenols is 1. The monoisotopic (exact) mass is 744 g/mol. The summed E-state index contributed by atoms with van der Waals surface area (Å²) in [5, 5.41) is 10.5. The largest absolute Gasteiger partial charge is 0.508 e. The van der Waals surface area contributed by atoms with Crippen molar-refractivity contribution >= 4 is 49.9 Å². The minimum Gasteiger partial charge on any atom is -0.508 e. The molecule has 0 saturated heterocycles. The Hall–Kier alpha value is -5.58. The highest BCUT2D eigenvalue weighted by Crippen LogP contribution is 2.22. The van der Waals surface area contributed by atoms with Crippen molar-refractivity contribution in [1.82, 2.24) is 39.0 Å². The maximum absolute atomic E-state index is 12.3. The number of ether oxygens (including phenoxy) is 3. The Labute approximate surface area is 291 Å². The number of aromatic hydroxyl groups is 1. The molecule has 0 aliphatic carbocycles. The quantitative estimate of drug-likeness (QED) is 0.116. The number of nitrogens with zero attached hydrogens (tertiary/aromatic N) is 6. The summed E-state index contributed by atoms with van der Waals surface area (Å²) < 4.78 is 29.8. The highest BCUT2D eigenvalue weighted by molar-refractivity contribution is 9.09. The predicted molar refractivity (Wildman–Crippen MR) is 191 cm³/mol. The molecule has 4 bridgehead atoms. The molecule has 0 fully saturated rings. The zero-order valence-corrected chi connectivity index (χ0v) is 28.0. The molecule has 17 heteroatoms. The fourth-order valence-electron chi connectivity index (χ4n) is 5.16. The van der Waals surface area contributed by atoms with Crippen molar-refractivity contribution in [2.75, 3.05) is 36.6 Å². The van der Waals surface area contributed by atoms with Gasteiger partial charge in [-0.3, -0.25) is 9.13 Å². The molecule has 2 aromatic carbocycles. The van der Waals surface area contributed by atoms with Gasteiger partial charge in [-0.1, -0.05) is 40.2 Å². The summed E-state index contributed by atoms with van der Waals surface area (Å²) in [7, 11) is 0. The van der Waals surface area contributed by atoms with Crippen molar-refractivity contribution in [2.45, 2.75) is 38.8 Å². The van der Waals surface area contributed by atoms with Crippen LogP contribution < -0.4 is 37.1 Å². The second kappa shape index (κ2) is 15.1. The first-order valence-corrected chi connectivity index (χ1v) is 16.7. The number of hydrogen-bond donors (Lipinski definition) is 5. The van der Waals surface area contributed by atoms with E-state index in [1.807, 2.05) is 30.3 Å². The van der Waals surface area contributed by atoms with Crippen LogP contribution in [0.25, 0.3) is 22.3 Å². The first-order valence-electron chi connectivity index (χ1n) is 16.6. The Balaban J connectivity index is 0.000000218. The molecule has 7 N–H and O–H groups in total. The molecular weight excluding hydrogens is 700 g/mol. The van der Waals surface area contributed by atoms with Gasteiger partial charge in [-0.05, 0) is 61.1 Å². The summed E-state index contributed by atoms with van der Waals surface area (Å²) in [6.07, 6.45) is 3.50. The van der Waals surface area contributed by atoms with E-state index in [-0.39, 0.29) is 48.8 Å². The normalized spacial score (nSPS) is 13.1. The molecule has 1 aliphatic heterocycles. The van der Waals surface area contributed by atoms with Crippen LogP contribution in [-0.2, 0) is 13.1 Å². The maximum atomic E-state index is 12.3. The summed E-state index contributed by atoms with van der Waals surface area (Å²) in [5.41, 5.74) is 14.5. The molecule has 1 aliphatic rings. The van der Waals surface area contributed by atoms with Crippen molar-refractivity contribution in [1.29, 1.82) is 0 Å². The van der Waals surface area contributed by atoms with E-state index >= 15 is 0 Å². The standard InChI is InChI=1S/C16H18BrN5O3.C16H17N5O3.2H2/c17-6-1-2-7-25-15-20-13(18)12-14(21-15)22(16(24)19-12)9-10-4-3-5-11(23)8-10;17-13-12-14-20-15(19-13)24-7-2-1-6-23-11-5-3-4-10(8-11)9-21(14)16(22)18-12;;/h3-5,8,23H,1-2,6-7,9H2,(H,19,24)(H2,18,20,21);3-5,8H,1-2,6-7,9H2,(H,18,22)(H2,17,19,20);2*1H/i;;1+2T;1+2. The maximum Gasteiger partial charge on any atom is 0.328 e. The summed E-state index contributed by atoms with van der Waals surface area (Å²) in [5.74, 6) is 1.28. The van der Waals surface area contributed by atoms with Crippen LogP contribution in [0, 0.1) is 0 Å². The lowest BCUT2D eigenvalue weighted by Crippen LogP contribution is -2.18. The summed E-state index contributed by atoms with van der Waals surface area (Å²) in [4.78, 5) is 46.8. The Morgan fingerprint density at radius 3 is 2.49 bits per heavy atom. The topological polar surface area (TPSA) is 227 Å². The van der Waals surface area contributed by atoms with Crippen molar-refractivity contribution < 1.29 is 23.7 Å². The number of anilines is 2. The van der Waals surface area contributed by atoms with E-state index in [9.17, 15) is 14.7 Å². The summed E-state index contributed by atoms with van der Waals surface area (Å²) in [6.45, 7) is 2.13. The molecular formula is C32H39BrN10O6. The number of fused-ring (bicyclic) bond motifs is 4.